The molecule has 2 N–H and O–H groups in total. The van der Waals surface area contributed by atoms with E-state index < -0.39 is 11.6 Å². The van der Waals surface area contributed by atoms with E-state index in [1.54, 1.807) is 25.3 Å². The SMILES string of the molecule is COCCOc1c(Cl)cccc1NC(=O)CCN1C(=O)NC2(CCCC2)C1=O. The Hall–Kier alpha value is -2.32. The number of halogens is 1. The Bertz CT molecular complexity index is 764. The van der Waals surface area contributed by atoms with E-state index in [9.17, 15) is 14.4 Å². The number of carbonyl (C=O) groups excluding carboxylic acids is 3. The van der Waals surface area contributed by atoms with Crippen molar-refractivity contribution in [2.45, 2.75) is 37.6 Å². The summed E-state index contributed by atoms with van der Waals surface area (Å²) in [4.78, 5) is 38.3. The van der Waals surface area contributed by atoms with Crippen molar-refractivity contribution in [2.75, 3.05) is 32.2 Å². The third-order valence-electron chi connectivity index (χ3n) is 5.04. The highest BCUT2D eigenvalue weighted by molar-refractivity contribution is 6.32. The van der Waals surface area contributed by atoms with Gasteiger partial charge >= 0.3 is 6.03 Å². The third kappa shape index (κ3) is 4.23. The summed E-state index contributed by atoms with van der Waals surface area (Å²) in [5.41, 5.74) is -0.332. The first kappa shape index (κ1) is 20.4. The number of ether oxygens (including phenoxy) is 2. The second-order valence-corrected chi connectivity index (χ2v) is 7.34. The molecule has 1 aromatic rings. The number of imide groups is 1. The van der Waals surface area contributed by atoms with Crippen LogP contribution in [0, 0.1) is 0 Å². The van der Waals surface area contributed by atoms with E-state index >= 15 is 0 Å². The normalized spacial score (nSPS) is 17.9. The number of nitrogens with zero attached hydrogens (tertiary/aromatic N) is 1. The van der Waals surface area contributed by atoms with E-state index in [0.29, 0.717) is 35.9 Å². The predicted octanol–water partition coefficient (Wildman–Crippen LogP) is 2.56. The van der Waals surface area contributed by atoms with Gasteiger partial charge in [-0.1, -0.05) is 30.5 Å². The van der Waals surface area contributed by atoms with Crippen LogP contribution in [0.15, 0.2) is 18.2 Å². The number of amides is 4. The van der Waals surface area contributed by atoms with Crippen LogP contribution in [-0.4, -0.2) is 55.2 Å². The quantitative estimate of drug-likeness (QED) is 0.508. The number of para-hydroxylation sites is 1. The summed E-state index contributed by atoms with van der Waals surface area (Å²) in [5, 5.41) is 5.91. The van der Waals surface area contributed by atoms with Gasteiger partial charge in [-0.2, -0.15) is 0 Å². The molecule has 28 heavy (non-hydrogen) atoms. The molecular formula is C19H24ClN3O5. The zero-order valence-electron chi connectivity index (χ0n) is 15.8. The average Bonchev–Trinajstić information content (AvgIpc) is 3.22. The molecule has 9 heteroatoms. The minimum absolute atomic E-state index is 0.0146. The lowest BCUT2D eigenvalue weighted by Gasteiger charge is -2.20. The maximum Gasteiger partial charge on any atom is 0.325 e. The number of anilines is 1. The predicted molar refractivity (Wildman–Crippen MR) is 104 cm³/mol. The molecule has 0 atom stereocenters. The first-order valence-corrected chi connectivity index (χ1v) is 9.69. The number of urea groups is 1. The van der Waals surface area contributed by atoms with Crippen LogP contribution in [0.2, 0.25) is 5.02 Å². The molecule has 2 fully saturated rings. The van der Waals surface area contributed by atoms with E-state index in [1.165, 1.54) is 0 Å². The van der Waals surface area contributed by atoms with Crippen molar-refractivity contribution < 1.29 is 23.9 Å². The van der Waals surface area contributed by atoms with Gasteiger partial charge in [-0.05, 0) is 25.0 Å². The summed E-state index contributed by atoms with van der Waals surface area (Å²) < 4.78 is 10.5. The molecule has 1 aromatic carbocycles. The number of carbonyl (C=O) groups is 3. The first-order chi connectivity index (χ1) is 13.5. The van der Waals surface area contributed by atoms with Gasteiger partial charge in [0.05, 0.1) is 17.3 Å². The molecule has 8 nitrogen and oxygen atoms in total. The average molecular weight is 410 g/mol. The van der Waals surface area contributed by atoms with Gasteiger partial charge < -0.3 is 20.1 Å². The van der Waals surface area contributed by atoms with E-state index in [-0.39, 0.29) is 31.4 Å². The lowest BCUT2D eigenvalue weighted by molar-refractivity contribution is -0.131. The number of nitrogens with one attached hydrogen (secondary N) is 2. The van der Waals surface area contributed by atoms with Crippen molar-refractivity contribution in [2.24, 2.45) is 0 Å². The molecule has 1 saturated carbocycles. The number of rotatable bonds is 8. The maximum absolute atomic E-state index is 12.6. The van der Waals surface area contributed by atoms with E-state index in [0.717, 1.165) is 17.7 Å². The van der Waals surface area contributed by atoms with Gasteiger partial charge in [-0.15, -0.1) is 0 Å². The Balaban J connectivity index is 1.58. The summed E-state index contributed by atoms with van der Waals surface area (Å²) >= 11 is 6.16. The number of benzene rings is 1. The van der Waals surface area contributed by atoms with Gasteiger partial charge in [0, 0.05) is 20.1 Å². The zero-order valence-corrected chi connectivity index (χ0v) is 16.5. The molecule has 1 aliphatic carbocycles. The molecule has 3 rings (SSSR count). The van der Waals surface area contributed by atoms with Gasteiger partial charge in [-0.25, -0.2) is 4.79 Å². The van der Waals surface area contributed by atoms with Crippen molar-refractivity contribution in [3.63, 3.8) is 0 Å². The van der Waals surface area contributed by atoms with Crippen LogP contribution in [0.1, 0.15) is 32.1 Å². The first-order valence-electron chi connectivity index (χ1n) is 9.31. The second kappa shape index (κ2) is 8.79. The highest BCUT2D eigenvalue weighted by atomic mass is 35.5. The Morgan fingerprint density at radius 1 is 1.29 bits per heavy atom. The number of hydrogen-bond acceptors (Lipinski definition) is 5. The van der Waals surface area contributed by atoms with Gasteiger partial charge in [0.25, 0.3) is 5.91 Å². The molecule has 0 radical (unpaired) electrons. The Morgan fingerprint density at radius 3 is 2.75 bits per heavy atom. The Morgan fingerprint density at radius 2 is 2.04 bits per heavy atom. The van der Waals surface area contributed by atoms with Gasteiger partial charge in [0.1, 0.15) is 12.1 Å². The van der Waals surface area contributed by atoms with Crippen LogP contribution in [0.3, 0.4) is 0 Å². The summed E-state index contributed by atoms with van der Waals surface area (Å²) in [6.45, 7) is 0.693. The van der Waals surface area contributed by atoms with Crippen LogP contribution in [0.25, 0.3) is 0 Å². The van der Waals surface area contributed by atoms with Gasteiger partial charge in [-0.3, -0.25) is 14.5 Å². The molecule has 1 heterocycles. The van der Waals surface area contributed by atoms with Crippen LogP contribution < -0.4 is 15.4 Å². The van der Waals surface area contributed by atoms with E-state index in [1.807, 2.05) is 0 Å². The van der Waals surface area contributed by atoms with Crippen molar-refractivity contribution in [1.82, 2.24) is 10.2 Å². The maximum atomic E-state index is 12.6. The Kier molecular flexibility index (Phi) is 6.41. The molecule has 1 saturated heterocycles. The fourth-order valence-electron chi connectivity index (χ4n) is 3.60. The highest BCUT2D eigenvalue weighted by Crippen LogP contribution is 2.35. The monoisotopic (exact) mass is 409 g/mol. The standard InChI is InChI=1S/C19H24ClN3O5/c1-27-11-12-28-16-13(20)5-4-6-14(16)21-15(24)7-10-23-17(25)19(22-18(23)26)8-2-3-9-19/h4-6H,2-3,7-12H2,1H3,(H,21,24)(H,22,26). The van der Waals surface area contributed by atoms with Crippen molar-refractivity contribution in [1.29, 1.82) is 0 Å². The number of methoxy groups -OCH3 is 1. The minimum Gasteiger partial charge on any atom is -0.487 e. The molecule has 2 aliphatic rings. The lowest BCUT2D eigenvalue weighted by atomic mass is 9.98. The van der Waals surface area contributed by atoms with Crippen LogP contribution in [-0.2, 0) is 14.3 Å². The topological polar surface area (TPSA) is 97.0 Å². The second-order valence-electron chi connectivity index (χ2n) is 6.93. The highest BCUT2D eigenvalue weighted by Gasteiger charge is 2.52. The van der Waals surface area contributed by atoms with Crippen molar-refractivity contribution in [3.05, 3.63) is 23.2 Å². The lowest BCUT2D eigenvalue weighted by Crippen LogP contribution is -2.44. The summed E-state index contributed by atoms with van der Waals surface area (Å²) in [5.74, 6) is -0.213. The van der Waals surface area contributed by atoms with E-state index in [4.69, 9.17) is 21.1 Å². The van der Waals surface area contributed by atoms with Crippen molar-refractivity contribution in [3.8, 4) is 5.75 Å². The van der Waals surface area contributed by atoms with Crippen molar-refractivity contribution >= 4 is 35.1 Å². The van der Waals surface area contributed by atoms with Crippen LogP contribution in [0.5, 0.6) is 5.75 Å². The fourth-order valence-corrected chi connectivity index (χ4v) is 3.83. The molecule has 1 spiro atoms. The van der Waals surface area contributed by atoms with Gasteiger partial charge in [0.2, 0.25) is 5.91 Å². The number of hydrogen-bond donors (Lipinski definition) is 2. The fraction of sp³-hybridized carbons (Fsp3) is 0.526. The summed E-state index contributed by atoms with van der Waals surface area (Å²) in [6.07, 6.45) is 3.14. The molecular weight excluding hydrogens is 386 g/mol. The minimum atomic E-state index is -0.761. The molecule has 4 amide bonds. The van der Waals surface area contributed by atoms with Crippen LogP contribution >= 0.6 is 11.6 Å². The Labute approximate surface area is 168 Å². The summed E-state index contributed by atoms with van der Waals surface area (Å²) in [7, 11) is 1.56. The van der Waals surface area contributed by atoms with Gasteiger partial charge in [0.15, 0.2) is 5.75 Å². The molecule has 0 unspecified atom stereocenters. The third-order valence-corrected chi connectivity index (χ3v) is 5.34. The molecule has 0 bridgehead atoms. The smallest absolute Gasteiger partial charge is 0.325 e. The molecule has 0 aromatic heterocycles. The molecule has 1 aliphatic heterocycles. The van der Waals surface area contributed by atoms with E-state index in [2.05, 4.69) is 10.6 Å². The zero-order chi connectivity index (χ0) is 20.1. The largest absolute Gasteiger partial charge is 0.487 e. The summed E-state index contributed by atoms with van der Waals surface area (Å²) in [6, 6.07) is 4.61. The molecule has 152 valence electrons. The van der Waals surface area contributed by atoms with Crippen LogP contribution in [0.4, 0.5) is 10.5 Å².